The van der Waals surface area contributed by atoms with Crippen LogP contribution in [0.3, 0.4) is 0 Å². The van der Waals surface area contributed by atoms with Crippen LogP contribution in [0.4, 0.5) is 0 Å². The first kappa shape index (κ1) is 10.8. The Kier molecular flexibility index (Phi) is 3.68. The van der Waals surface area contributed by atoms with Gasteiger partial charge in [-0.05, 0) is 13.3 Å². The van der Waals surface area contributed by atoms with E-state index in [0.29, 0.717) is 19.4 Å². The highest BCUT2D eigenvalue weighted by atomic mass is 16.5. The zero-order valence-electron chi connectivity index (χ0n) is 8.53. The summed E-state index contributed by atoms with van der Waals surface area (Å²) in [4.78, 5) is 24.3. The van der Waals surface area contributed by atoms with Gasteiger partial charge < -0.3 is 9.64 Å². The van der Waals surface area contributed by atoms with E-state index >= 15 is 0 Å². The van der Waals surface area contributed by atoms with Gasteiger partial charge in [0.15, 0.2) is 0 Å². The fourth-order valence-electron chi connectivity index (χ4n) is 1.45. The molecule has 0 radical (unpaired) electrons. The van der Waals surface area contributed by atoms with Crippen molar-refractivity contribution in [3.8, 4) is 0 Å². The Morgan fingerprint density at radius 3 is 2.79 bits per heavy atom. The van der Waals surface area contributed by atoms with Gasteiger partial charge in [-0.25, -0.2) is 4.79 Å². The van der Waals surface area contributed by atoms with Gasteiger partial charge in [0.05, 0.1) is 6.61 Å². The van der Waals surface area contributed by atoms with E-state index in [1.807, 2.05) is 6.92 Å². The standard InChI is InChI=1S/C10H15NO3/c1-3-8(10(13)14-4-2)11-7-5-6-9(11)12/h5,7-8H,3-4,6H2,1-2H3/t8-/m0/s1. The van der Waals surface area contributed by atoms with E-state index in [1.54, 1.807) is 19.2 Å². The Balaban J connectivity index is 2.65. The van der Waals surface area contributed by atoms with Crippen molar-refractivity contribution >= 4 is 11.9 Å². The lowest BCUT2D eigenvalue weighted by molar-refractivity contribution is -0.152. The van der Waals surface area contributed by atoms with Crippen LogP contribution in [0.15, 0.2) is 12.3 Å². The molecule has 1 amide bonds. The molecule has 0 saturated carbocycles. The van der Waals surface area contributed by atoms with Crippen molar-refractivity contribution < 1.29 is 14.3 Å². The van der Waals surface area contributed by atoms with Gasteiger partial charge in [0.1, 0.15) is 6.04 Å². The molecule has 0 aromatic rings. The third-order valence-corrected chi connectivity index (χ3v) is 2.13. The Morgan fingerprint density at radius 1 is 1.64 bits per heavy atom. The maximum atomic E-state index is 11.5. The van der Waals surface area contributed by atoms with Crippen LogP contribution in [-0.2, 0) is 14.3 Å². The molecule has 1 atom stereocenters. The monoisotopic (exact) mass is 197 g/mol. The number of rotatable bonds is 4. The van der Waals surface area contributed by atoms with E-state index in [1.165, 1.54) is 4.90 Å². The van der Waals surface area contributed by atoms with E-state index in [0.717, 1.165) is 0 Å². The largest absolute Gasteiger partial charge is 0.464 e. The van der Waals surface area contributed by atoms with Crippen molar-refractivity contribution in [2.24, 2.45) is 0 Å². The second-order valence-corrected chi connectivity index (χ2v) is 3.07. The number of carbonyl (C=O) groups excluding carboxylic acids is 2. The molecule has 0 aliphatic carbocycles. The maximum Gasteiger partial charge on any atom is 0.329 e. The highest BCUT2D eigenvalue weighted by Gasteiger charge is 2.29. The average Bonchev–Trinajstić information content (AvgIpc) is 2.54. The summed E-state index contributed by atoms with van der Waals surface area (Å²) in [5.74, 6) is -0.361. The summed E-state index contributed by atoms with van der Waals surface area (Å²) in [6, 6.07) is -0.457. The van der Waals surface area contributed by atoms with Crippen molar-refractivity contribution in [2.45, 2.75) is 32.7 Å². The maximum absolute atomic E-state index is 11.5. The molecule has 0 bridgehead atoms. The Morgan fingerprint density at radius 2 is 2.36 bits per heavy atom. The molecule has 0 fully saturated rings. The van der Waals surface area contributed by atoms with Crippen molar-refractivity contribution in [3.63, 3.8) is 0 Å². The fourth-order valence-corrected chi connectivity index (χ4v) is 1.45. The van der Waals surface area contributed by atoms with E-state index < -0.39 is 6.04 Å². The molecule has 0 aromatic heterocycles. The summed E-state index contributed by atoms with van der Waals surface area (Å²) in [6.45, 7) is 3.97. The van der Waals surface area contributed by atoms with E-state index in [2.05, 4.69) is 0 Å². The normalized spacial score (nSPS) is 17.3. The first-order chi connectivity index (χ1) is 6.70. The van der Waals surface area contributed by atoms with Crippen LogP contribution in [0.1, 0.15) is 26.7 Å². The number of hydrogen-bond acceptors (Lipinski definition) is 3. The first-order valence-electron chi connectivity index (χ1n) is 4.85. The van der Waals surface area contributed by atoms with Crippen LogP contribution in [0.25, 0.3) is 0 Å². The van der Waals surface area contributed by atoms with Gasteiger partial charge in [-0.15, -0.1) is 0 Å². The third kappa shape index (κ3) is 2.13. The molecule has 14 heavy (non-hydrogen) atoms. The van der Waals surface area contributed by atoms with Gasteiger partial charge in [-0.1, -0.05) is 13.0 Å². The molecule has 0 spiro atoms. The van der Waals surface area contributed by atoms with Crippen LogP contribution in [-0.4, -0.2) is 29.4 Å². The molecule has 78 valence electrons. The minimum absolute atomic E-state index is 0.0371. The molecular formula is C10H15NO3. The average molecular weight is 197 g/mol. The summed E-state index contributed by atoms with van der Waals surface area (Å²) in [7, 11) is 0. The first-order valence-corrected chi connectivity index (χ1v) is 4.85. The SMILES string of the molecule is CCOC(=O)[C@H](CC)N1C=CCC1=O. The van der Waals surface area contributed by atoms with E-state index in [-0.39, 0.29) is 11.9 Å². The quantitative estimate of drug-likeness (QED) is 0.633. The predicted octanol–water partition coefficient (Wildman–Crippen LogP) is 1.07. The molecule has 0 saturated heterocycles. The minimum Gasteiger partial charge on any atom is -0.464 e. The molecule has 1 rings (SSSR count). The van der Waals surface area contributed by atoms with Crippen molar-refractivity contribution in [2.75, 3.05) is 6.61 Å². The van der Waals surface area contributed by atoms with Crippen LogP contribution < -0.4 is 0 Å². The summed E-state index contributed by atoms with van der Waals surface area (Å²) in [5, 5.41) is 0. The van der Waals surface area contributed by atoms with Crippen molar-refractivity contribution in [1.29, 1.82) is 0 Å². The summed E-state index contributed by atoms with van der Waals surface area (Å²) >= 11 is 0. The Labute approximate surface area is 83.5 Å². The van der Waals surface area contributed by atoms with Crippen LogP contribution >= 0.6 is 0 Å². The van der Waals surface area contributed by atoms with Gasteiger partial charge in [0.25, 0.3) is 0 Å². The molecule has 1 heterocycles. The van der Waals surface area contributed by atoms with Gasteiger partial charge in [0.2, 0.25) is 5.91 Å². The fraction of sp³-hybridized carbons (Fsp3) is 0.600. The smallest absolute Gasteiger partial charge is 0.329 e. The zero-order valence-corrected chi connectivity index (χ0v) is 8.53. The Hall–Kier alpha value is -1.32. The lowest BCUT2D eigenvalue weighted by Gasteiger charge is -2.22. The topological polar surface area (TPSA) is 46.6 Å². The summed E-state index contributed by atoms with van der Waals surface area (Å²) in [5.41, 5.74) is 0. The van der Waals surface area contributed by atoms with Crippen molar-refractivity contribution in [1.82, 2.24) is 4.90 Å². The number of hydrogen-bond donors (Lipinski definition) is 0. The molecule has 0 N–H and O–H groups in total. The number of carbonyl (C=O) groups is 2. The van der Waals surface area contributed by atoms with Crippen LogP contribution in [0, 0.1) is 0 Å². The molecule has 1 aliphatic heterocycles. The molecule has 4 heteroatoms. The predicted molar refractivity (Wildman–Crippen MR) is 51.3 cm³/mol. The van der Waals surface area contributed by atoms with Crippen LogP contribution in [0.2, 0.25) is 0 Å². The number of nitrogens with zero attached hydrogens (tertiary/aromatic N) is 1. The molecule has 0 unspecified atom stereocenters. The van der Waals surface area contributed by atoms with Gasteiger partial charge in [0, 0.05) is 12.6 Å². The molecule has 1 aliphatic rings. The second-order valence-electron chi connectivity index (χ2n) is 3.07. The highest BCUT2D eigenvalue weighted by molar-refractivity contribution is 5.87. The lowest BCUT2D eigenvalue weighted by atomic mass is 10.2. The minimum atomic E-state index is -0.457. The number of esters is 1. The lowest BCUT2D eigenvalue weighted by Crippen LogP contribution is -2.40. The number of amides is 1. The summed E-state index contributed by atoms with van der Waals surface area (Å²) in [6.07, 6.45) is 4.38. The van der Waals surface area contributed by atoms with E-state index in [9.17, 15) is 9.59 Å². The number of ether oxygens (including phenoxy) is 1. The Bertz CT molecular complexity index is 260. The molecule has 0 aromatic carbocycles. The molecular weight excluding hydrogens is 182 g/mol. The van der Waals surface area contributed by atoms with E-state index in [4.69, 9.17) is 4.74 Å². The van der Waals surface area contributed by atoms with Crippen molar-refractivity contribution in [3.05, 3.63) is 12.3 Å². The second kappa shape index (κ2) is 4.79. The third-order valence-electron chi connectivity index (χ3n) is 2.13. The molecule has 4 nitrogen and oxygen atoms in total. The zero-order chi connectivity index (χ0) is 10.6. The van der Waals surface area contributed by atoms with Gasteiger partial charge in [-0.2, -0.15) is 0 Å². The van der Waals surface area contributed by atoms with Gasteiger partial charge in [-0.3, -0.25) is 4.79 Å². The highest BCUT2D eigenvalue weighted by Crippen LogP contribution is 2.14. The summed E-state index contributed by atoms with van der Waals surface area (Å²) < 4.78 is 4.89. The van der Waals surface area contributed by atoms with Crippen LogP contribution in [0.5, 0.6) is 0 Å². The van der Waals surface area contributed by atoms with Gasteiger partial charge >= 0.3 is 5.97 Å².